The fourth-order valence-corrected chi connectivity index (χ4v) is 4.58. The third-order valence-corrected chi connectivity index (χ3v) is 6.23. The van der Waals surface area contributed by atoms with E-state index in [-0.39, 0.29) is 42.3 Å². The van der Waals surface area contributed by atoms with Crippen molar-refractivity contribution in [3.05, 3.63) is 47.8 Å². The van der Waals surface area contributed by atoms with E-state index in [2.05, 4.69) is 0 Å². The van der Waals surface area contributed by atoms with Crippen LogP contribution >= 0.6 is 0 Å². The number of halogens is 4. The van der Waals surface area contributed by atoms with E-state index in [0.717, 1.165) is 18.2 Å². The topological polar surface area (TPSA) is 68.3 Å². The van der Waals surface area contributed by atoms with E-state index in [9.17, 15) is 22.8 Å². The summed E-state index contributed by atoms with van der Waals surface area (Å²) in [5, 5.41) is 0. The zero-order valence-corrected chi connectivity index (χ0v) is 20.9. The number of carbonyl (C=O) groups excluding carboxylic acids is 2. The SMILES string of the molecule is COc1cc(-c2cccc(C(F)(F)F)c2)c(F)cc1N1C(=O)CO[C@@H]2CN(C(=O)OC(C)(C)C)CC[C@H]21. The van der Waals surface area contributed by atoms with Crippen LogP contribution in [0.2, 0.25) is 0 Å². The number of hydrogen-bond donors (Lipinski definition) is 0. The number of rotatable bonds is 3. The lowest BCUT2D eigenvalue weighted by Crippen LogP contribution is -2.62. The fraction of sp³-hybridized carbons (Fsp3) is 0.462. The number of alkyl halides is 3. The van der Waals surface area contributed by atoms with Crippen LogP contribution in [-0.2, 0) is 20.4 Å². The summed E-state index contributed by atoms with van der Waals surface area (Å²) in [6.07, 6.45) is -5.28. The molecule has 0 aliphatic carbocycles. The first-order valence-electron chi connectivity index (χ1n) is 11.8. The van der Waals surface area contributed by atoms with Gasteiger partial charge in [-0.05, 0) is 51.0 Å². The second kappa shape index (κ2) is 9.85. The van der Waals surface area contributed by atoms with Gasteiger partial charge >= 0.3 is 12.3 Å². The Hall–Kier alpha value is -3.34. The largest absolute Gasteiger partial charge is 0.495 e. The van der Waals surface area contributed by atoms with Gasteiger partial charge in [-0.3, -0.25) is 4.79 Å². The molecule has 2 heterocycles. The number of hydrogen-bond acceptors (Lipinski definition) is 5. The molecule has 7 nitrogen and oxygen atoms in total. The molecule has 0 N–H and O–H groups in total. The van der Waals surface area contributed by atoms with Crippen LogP contribution in [0.4, 0.5) is 28.0 Å². The van der Waals surface area contributed by atoms with Crippen molar-refractivity contribution in [2.24, 2.45) is 0 Å². The van der Waals surface area contributed by atoms with Gasteiger partial charge in [0.2, 0.25) is 0 Å². The lowest BCUT2D eigenvalue weighted by molar-refractivity contribution is -0.137. The molecule has 11 heteroatoms. The van der Waals surface area contributed by atoms with E-state index in [1.54, 1.807) is 20.8 Å². The Balaban J connectivity index is 1.64. The normalized spacial score (nSPS) is 20.5. The molecular weight excluding hydrogens is 496 g/mol. The smallest absolute Gasteiger partial charge is 0.416 e. The Labute approximate surface area is 211 Å². The molecule has 2 aliphatic heterocycles. The number of fused-ring (bicyclic) bond motifs is 1. The number of anilines is 1. The van der Waals surface area contributed by atoms with Gasteiger partial charge in [0.15, 0.2) is 0 Å². The molecule has 2 amide bonds. The molecule has 0 spiro atoms. The molecule has 0 unspecified atom stereocenters. The highest BCUT2D eigenvalue weighted by molar-refractivity contribution is 5.97. The number of methoxy groups -OCH3 is 1. The van der Waals surface area contributed by atoms with E-state index in [0.29, 0.717) is 6.42 Å². The van der Waals surface area contributed by atoms with Crippen molar-refractivity contribution in [3.8, 4) is 16.9 Å². The summed E-state index contributed by atoms with van der Waals surface area (Å²) in [6.45, 7) is 5.47. The van der Waals surface area contributed by atoms with Crippen LogP contribution in [-0.4, -0.2) is 61.5 Å². The molecule has 0 radical (unpaired) electrons. The van der Waals surface area contributed by atoms with E-state index in [1.165, 1.54) is 35.1 Å². The lowest BCUT2D eigenvalue weighted by atomic mass is 9.96. The first-order valence-corrected chi connectivity index (χ1v) is 11.8. The summed E-state index contributed by atoms with van der Waals surface area (Å²) in [5.41, 5.74) is -1.51. The average molecular weight is 525 g/mol. The first kappa shape index (κ1) is 26.7. The van der Waals surface area contributed by atoms with Crippen LogP contribution in [0.5, 0.6) is 5.75 Å². The third kappa shape index (κ3) is 5.66. The molecule has 200 valence electrons. The van der Waals surface area contributed by atoms with Gasteiger partial charge in [-0.2, -0.15) is 13.2 Å². The van der Waals surface area contributed by atoms with E-state index < -0.39 is 47.3 Å². The molecule has 4 rings (SSSR count). The highest BCUT2D eigenvalue weighted by atomic mass is 19.4. The van der Waals surface area contributed by atoms with Crippen molar-refractivity contribution in [1.29, 1.82) is 0 Å². The maximum Gasteiger partial charge on any atom is 0.416 e. The van der Waals surface area contributed by atoms with Crippen LogP contribution in [0.25, 0.3) is 11.1 Å². The minimum atomic E-state index is -4.58. The highest BCUT2D eigenvalue weighted by Gasteiger charge is 2.44. The van der Waals surface area contributed by atoms with Gasteiger partial charge in [-0.25, -0.2) is 9.18 Å². The standard InChI is InChI=1S/C26H28F4N2O5/c1-25(2,3)37-24(34)31-9-8-19-22(13-31)36-14-23(33)32(19)20-12-18(27)17(11-21(20)35-4)15-6-5-7-16(10-15)26(28,29)30/h5-7,10-12,19,22H,8-9,13-14H2,1-4H3/t19-,22-/m1/s1. The monoisotopic (exact) mass is 524 g/mol. The maximum atomic E-state index is 15.3. The Morgan fingerprint density at radius 3 is 2.51 bits per heavy atom. The van der Waals surface area contributed by atoms with Crippen molar-refractivity contribution in [1.82, 2.24) is 4.90 Å². The second-order valence-electron chi connectivity index (χ2n) is 9.98. The summed E-state index contributed by atoms with van der Waals surface area (Å²) in [5.74, 6) is -1.11. The summed E-state index contributed by atoms with van der Waals surface area (Å²) >= 11 is 0. The number of benzene rings is 2. The summed E-state index contributed by atoms with van der Waals surface area (Å²) in [4.78, 5) is 28.4. The number of ether oxygens (including phenoxy) is 3. The van der Waals surface area contributed by atoms with Crippen molar-refractivity contribution in [2.75, 3.05) is 31.7 Å². The van der Waals surface area contributed by atoms with Crippen LogP contribution in [0.15, 0.2) is 36.4 Å². The molecule has 2 saturated heterocycles. The van der Waals surface area contributed by atoms with Crippen LogP contribution in [0, 0.1) is 5.82 Å². The quantitative estimate of drug-likeness (QED) is 0.513. The Morgan fingerprint density at radius 2 is 1.86 bits per heavy atom. The predicted octanol–water partition coefficient (Wildman–Crippen LogP) is 5.26. The van der Waals surface area contributed by atoms with Gasteiger partial charge in [0.25, 0.3) is 5.91 Å². The van der Waals surface area contributed by atoms with Gasteiger partial charge in [0.1, 0.15) is 23.8 Å². The van der Waals surface area contributed by atoms with Crippen molar-refractivity contribution >= 4 is 17.7 Å². The molecule has 0 saturated carbocycles. The van der Waals surface area contributed by atoms with Crippen molar-refractivity contribution in [3.63, 3.8) is 0 Å². The molecule has 2 aliphatic rings. The minimum absolute atomic E-state index is 0.0222. The molecule has 37 heavy (non-hydrogen) atoms. The summed E-state index contributed by atoms with van der Waals surface area (Å²) < 4.78 is 71.5. The van der Waals surface area contributed by atoms with Crippen LogP contribution in [0.1, 0.15) is 32.8 Å². The lowest BCUT2D eigenvalue weighted by Gasteiger charge is -2.46. The third-order valence-electron chi connectivity index (χ3n) is 6.23. The zero-order chi connectivity index (χ0) is 27.1. The van der Waals surface area contributed by atoms with Crippen LogP contribution in [0.3, 0.4) is 0 Å². The molecule has 2 aromatic rings. The van der Waals surface area contributed by atoms with Gasteiger partial charge < -0.3 is 24.0 Å². The molecule has 0 aromatic heterocycles. The van der Waals surface area contributed by atoms with Crippen LogP contribution < -0.4 is 9.64 Å². The number of piperidine rings is 1. The highest BCUT2D eigenvalue weighted by Crippen LogP contribution is 2.40. The molecule has 0 bridgehead atoms. The molecule has 2 fully saturated rings. The Bertz CT molecular complexity index is 1190. The van der Waals surface area contributed by atoms with Gasteiger partial charge in [0, 0.05) is 18.2 Å². The van der Waals surface area contributed by atoms with E-state index in [1.807, 2.05) is 0 Å². The van der Waals surface area contributed by atoms with E-state index >= 15 is 4.39 Å². The summed E-state index contributed by atoms with van der Waals surface area (Å²) in [7, 11) is 1.33. The number of likely N-dealkylation sites (tertiary alicyclic amines) is 1. The fourth-order valence-electron chi connectivity index (χ4n) is 4.58. The molecular formula is C26H28F4N2O5. The average Bonchev–Trinajstić information content (AvgIpc) is 2.82. The first-order chi connectivity index (χ1) is 17.3. The molecule has 2 aromatic carbocycles. The van der Waals surface area contributed by atoms with Gasteiger partial charge in [-0.15, -0.1) is 0 Å². The second-order valence-corrected chi connectivity index (χ2v) is 9.98. The maximum absolute atomic E-state index is 15.3. The Kier molecular flexibility index (Phi) is 7.11. The van der Waals surface area contributed by atoms with E-state index in [4.69, 9.17) is 14.2 Å². The molecule has 2 atom stereocenters. The Morgan fingerprint density at radius 1 is 1.14 bits per heavy atom. The predicted molar refractivity (Wildman–Crippen MR) is 127 cm³/mol. The number of amides is 2. The van der Waals surface area contributed by atoms with Crippen molar-refractivity contribution < 1.29 is 41.4 Å². The number of carbonyl (C=O) groups is 2. The number of nitrogens with zero attached hydrogens (tertiary/aromatic N) is 2. The van der Waals surface area contributed by atoms with Gasteiger partial charge in [0.05, 0.1) is 37.1 Å². The zero-order valence-electron chi connectivity index (χ0n) is 20.9. The summed E-state index contributed by atoms with van der Waals surface area (Å²) in [6, 6.07) is 6.21. The minimum Gasteiger partial charge on any atom is -0.495 e. The van der Waals surface area contributed by atoms with Crippen molar-refractivity contribution in [2.45, 2.75) is 51.1 Å². The number of morpholine rings is 1. The van der Waals surface area contributed by atoms with Gasteiger partial charge in [-0.1, -0.05) is 12.1 Å².